The molecule has 410 valence electrons. The number of aromatic nitrogens is 1. The number of benzene rings is 2. The number of ketones is 1. The van der Waals surface area contributed by atoms with E-state index in [1.54, 1.807) is 14.0 Å². The van der Waals surface area contributed by atoms with E-state index < -0.39 is 6.04 Å². The van der Waals surface area contributed by atoms with Gasteiger partial charge in [0.1, 0.15) is 11.9 Å². The normalized spacial score (nSPS) is 19.5. The highest BCUT2D eigenvalue weighted by atomic mass is 127. The zero-order valence-electron chi connectivity index (χ0n) is 46.7. The summed E-state index contributed by atoms with van der Waals surface area (Å²) in [5.41, 5.74) is 11.4. The minimum absolute atomic E-state index is 0.0163. The number of halogens is 2. The first-order valence-electron chi connectivity index (χ1n) is 27.2. The molecule has 15 heteroatoms. The average Bonchev–Trinajstić information content (AvgIpc) is 3.58. The molecule has 3 aromatic rings. The first-order chi connectivity index (χ1) is 36.1. The lowest BCUT2D eigenvalue weighted by Crippen LogP contribution is -2.48. The summed E-state index contributed by atoms with van der Waals surface area (Å²) >= 11 is 2.32. The number of carbonyl (C=O) groups excluding carboxylic acids is 3. The molecule has 2 amide bonds. The van der Waals surface area contributed by atoms with Crippen molar-refractivity contribution in [1.29, 1.82) is 0 Å². The van der Waals surface area contributed by atoms with E-state index in [2.05, 4.69) is 143 Å². The number of likely N-dealkylation sites (N-methyl/N-ethyl adjacent to an activating group) is 1. The van der Waals surface area contributed by atoms with E-state index in [0.717, 1.165) is 109 Å². The highest BCUT2D eigenvalue weighted by Crippen LogP contribution is 2.34. The first kappa shape index (κ1) is 61.4. The molecule has 0 saturated carbocycles. The lowest BCUT2D eigenvalue weighted by molar-refractivity contribution is -0.124. The van der Waals surface area contributed by atoms with Gasteiger partial charge in [-0.1, -0.05) is 84.6 Å². The molecule has 0 spiro atoms. The summed E-state index contributed by atoms with van der Waals surface area (Å²) in [7, 11) is 3.89. The predicted molar refractivity (Wildman–Crippen MR) is 320 cm³/mol. The van der Waals surface area contributed by atoms with Crippen molar-refractivity contribution < 1.29 is 23.5 Å². The van der Waals surface area contributed by atoms with E-state index in [1.165, 1.54) is 51.2 Å². The number of nitrogens with zero attached hydrogens (tertiary/aromatic N) is 6. The summed E-state index contributed by atoms with van der Waals surface area (Å²) in [6, 6.07) is 17.0. The topological polar surface area (TPSA) is 114 Å². The summed E-state index contributed by atoms with van der Waals surface area (Å²) < 4.78 is 20.9. The molecule has 7 rings (SSSR count). The molecule has 0 bridgehead atoms. The van der Waals surface area contributed by atoms with Crippen molar-refractivity contribution in [2.24, 2.45) is 5.92 Å². The van der Waals surface area contributed by atoms with Crippen LogP contribution in [0, 0.1) is 19.8 Å². The lowest BCUT2D eigenvalue weighted by Gasteiger charge is -2.40. The van der Waals surface area contributed by atoms with Gasteiger partial charge in [-0.05, 0) is 157 Å². The van der Waals surface area contributed by atoms with Crippen LogP contribution in [-0.4, -0.2) is 154 Å². The number of piperidine rings is 2. The second-order valence-corrected chi connectivity index (χ2v) is 24.0. The number of likely N-dealkylation sites (tertiary alicyclic amines) is 2. The molecule has 4 saturated heterocycles. The van der Waals surface area contributed by atoms with Crippen LogP contribution in [0.4, 0.5) is 10.1 Å². The molecule has 0 aliphatic carbocycles. The molecule has 0 radical (unpaired) electrons. The third kappa shape index (κ3) is 17.8. The minimum atomic E-state index is -0.614. The largest absolute Gasteiger partial charge is 0.383 e. The van der Waals surface area contributed by atoms with Crippen molar-refractivity contribution in [2.45, 2.75) is 105 Å². The Bertz CT molecular complexity index is 2440. The maximum atomic E-state index is 15.5. The van der Waals surface area contributed by atoms with Crippen molar-refractivity contribution in [3.05, 3.63) is 124 Å². The monoisotopic (exact) mass is 1160 g/mol. The molecule has 3 unspecified atom stereocenters. The van der Waals surface area contributed by atoms with Crippen LogP contribution >= 0.6 is 28.3 Å². The Morgan fingerprint density at radius 3 is 2.27 bits per heavy atom. The van der Waals surface area contributed by atoms with Crippen LogP contribution in [0.2, 0.25) is 0 Å². The first-order valence-corrected chi connectivity index (χ1v) is 31.8. The van der Waals surface area contributed by atoms with Crippen LogP contribution in [0.3, 0.4) is 0 Å². The number of carbonyl (C=O) groups is 3. The van der Waals surface area contributed by atoms with Crippen molar-refractivity contribution in [2.75, 3.05) is 104 Å². The molecule has 2 N–H and O–H groups in total. The van der Waals surface area contributed by atoms with Gasteiger partial charge in [0.2, 0.25) is 5.91 Å². The van der Waals surface area contributed by atoms with Gasteiger partial charge in [-0.25, -0.2) is 4.39 Å². The third-order valence-electron chi connectivity index (χ3n) is 15.2. The van der Waals surface area contributed by atoms with E-state index in [-0.39, 0.29) is 42.4 Å². The third-order valence-corrected chi connectivity index (χ3v) is 15.2. The van der Waals surface area contributed by atoms with Gasteiger partial charge in [-0.15, -0.1) is 0 Å². The fourth-order valence-electron chi connectivity index (χ4n) is 10.6. The van der Waals surface area contributed by atoms with Crippen molar-refractivity contribution in [3.63, 3.8) is 0 Å². The van der Waals surface area contributed by atoms with E-state index >= 15 is 4.39 Å². The molecule has 3 atom stereocenters. The van der Waals surface area contributed by atoms with E-state index in [4.69, 9.17) is 9.72 Å². The molecule has 4 fully saturated rings. The van der Waals surface area contributed by atoms with Crippen molar-refractivity contribution in [1.82, 2.24) is 35.2 Å². The Labute approximate surface area is 464 Å². The highest BCUT2D eigenvalue weighted by Gasteiger charge is 2.29. The van der Waals surface area contributed by atoms with Crippen LogP contribution in [0.25, 0.3) is 17.2 Å². The summed E-state index contributed by atoms with van der Waals surface area (Å²) in [4.78, 5) is 54.0. The van der Waals surface area contributed by atoms with E-state index in [9.17, 15) is 14.4 Å². The Hall–Kier alpha value is -4.47. The van der Waals surface area contributed by atoms with Gasteiger partial charge >= 0.3 is 0 Å². The predicted octanol–water partition coefficient (Wildman–Crippen LogP) is 11.0. The minimum Gasteiger partial charge on any atom is -0.383 e. The second kappa shape index (κ2) is 31.1. The molecule has 4 aliphatic heterocycles. The number of anilines is 1. The molecule has 2 aromatic carbocycles. The zero-order valence-corrected chi connectivity index (χ0v) is 49.9. The Morgan fingerprint density at radius 2 is 1.63 bits per heavy atom. The standard InChI is InChI=1S/C57H77FN8O4.C2H6.CH4IP/c1-9-49(61-54-17-16-50(67)35-60-56(54)68)34-53(58)43(6)65-30-28-64(29-31-65)37-44-19-26-66(27-20-44)57(69)47-14-12-45(13-15-47)46-21-24-63(25-22-46)36-39(2)32-52-42(5)59-23-18-51(52)48-11-10-40(3)55(33-48)62(7)41(4)38-70-8;1-2;1-3-2/h9-15,18,23,32-34,41,44,46,54,61H,1,16-17,19-22,24-31,35-38H2,2-8H3,(H,60,68);1-2H3;3H,1H3/b39-32+,49-34+,53-43-;;. The number of methoxy groups -OCH3 is 1. The van der Waals surface area contributed by atoms with Crippen LogP contribution in [0.15, 0.2) is 96.3 Å². The number of piperazine rings is 1. The van der Waals surface area contributed by atoms with Gasteiger partial charge in [0, 0.05) is 119 Å². The number of nitrogens with one attached hydrogen (secondary N) is 2. The van der Waals surface area contributed by atoms with Crippen LogP contribution in [0.1, 0.15) is 112 Å². The van der Waals surface area contributed by atoms with Gasteiger partial charge in [0.15, 0.2) is 5.78 Å². The van der Waals surface area contributed by atoms with Crippen LogP contribution in [-0.2, 0) is 14.3 Å². The number of hydrogen-bond donors (Lipinski definition) is 2. The molecular weight excluding hydrogens is 1070 g/mol. The number of ether oxygens (including phenoxy) is 1. The Balaban J connectivity index is 0.00000201. The fourth-order valence-corrected chi connectivity index (χ4v) is 10.6. The summed E-state index contributed by atoms with van der Waals surface area (Å²) in [5.74, 6) is 0.461. The van der Waals surface area contributed by atoms with Gasteiger partial charge < -0.3 is 30.1 Å². The molecule has 12 nitrogen and oxygen atoms in total. The maximum absolute atomic E-state index is 15.5. The summed E-state index contributed by atoms with van der Waals surface area (Å²) in [6.45, 7) is 29.7. The van der Waals surface area contributed by atoms with Crippen LogP contribution < -0.4 is 15.5 Å². The van der Waals surface area contributed by atoms with Gasteiger partial charge in [0.05, 0.1) is 13.2 Å². The number of pyridine rings is 1. The Kier molecular flexibility index (Phi) is 25.4. The maximum Gasteiger partial charge on any atom is 0.253 e. The SMILES string of the molecule is C=C/C(=C\C(F)=C(/C)N1CCN(CC2CCN(C(=O)c3ccc(C4CCN(C/C(C)=C/c5c(-c6ccc(C)c(N(C)C(C)COC)c6)ccnc5C)CC4)cc3)CC2)CC1)NC1CCC(=O)CNC1=O.CC.CPI. The van der Waals surface area contributed by atoms with E-state index in [1.807, 2.05) is 37.1 Å². The fraction of sp³-hybridized carbons (Fsp3) is 0.533. The van der Waals surface area contributed by atoms with Gasteiger partial charge in [0.25, 0.3) is 5.91 Å². The van der Waals surface area contributed by atoms with Crippen molar-refractivity contribution in [3.8, 4) is 11.1 Å². The number of hydrogen-bond acceptors (Lipinski definition) is 10. The number of amides is 2. The number of aryl methyl sites for hydroxylation is 2. The highest BCUT2D eigenvalue weighted by molar-refractivity contribution is 14.2. The van der Waals surface area contributed by atoms with Gasteiger partial charge in [-0.3, -0.25) is 29.2 Å². The summed E-state index contributed by atoms with van der Waals surface area (Å²) in [6.07, 6.45) is 13.0. The number of allylic oxidation sites excluding steroid dienone is 4. The number of Topliss-reactive ketones (excluding diaryl/α,β-unsaturated/α-hetero) is 1. The molecule has 75 heavy (non-hydrogen) atoms. The molecule has 4 aliphatic rings. The molecule has 1 aromatic heterocycles. The summed E-state index contributed by atoms with van der Waals surface area (Å²) in [5, 5.41) is 5.68. The van der Waals surface area contributed by atoms with Crippen LogP contribution in [0.5, 0.6) is 0 Å². The smallest absolute Gasteiger partial charge is 0.253 e. The van der Waals surface area contributed by atoms with E-state index in [0.29, 0.717) is 36.3 Å². The average molecular weight is 1160 g/mol. The molecule has 5 heterocycles. The number of rotatable bonds is 17. The second-order valence-electron chi connectivity index (χ2n) is 20.4. The van der Waals surface area contributed by atoms with Gasteiger partial charge in [-0.2, -0.15) is 0 Å². The zero-order chi connectivity index (χ0) is 54.6. The molecular formula is C60H87FIN8O4P. The Morgan fingerprint density at radius 1 is 0.960 bits per heavy atom. The lowest BCUT2D eigenvalue weighted by atomic mass is 9.88. The quantitative estimate of drug-likeness (QED) is 0.0770. The van der Waals surface area contributed by atoms with Crippen molar-refractivity contribution >= 4 is 57.6 Å².